The predicted octanol–water partition coefficient (Wildman–Crippen LogP) is 2.17. The van der Waals surface area contributed by atoms with Gasteiger partial charge in [-0.1, -0.05) is 0 Å². The molecule has 2 unspecified atom stereocenters. The van der Waals surface area contributed by atoms with Gasteiger partial charge in [-0.2, -0.15) is 0 Å². The lowest BCUT2D eigenvalue weighted by molar-refractivity contribution is 0.309. The molecule has 0 bridgehead atoms. The van der Waals surface area contributed by atoms with E-state index in [4.69, 9.17) is 9.40 Å². The number of nitrogens with one attached hydrogen (secondary N) is 1. The summed E-state index contributed by atoms with van der Waals surface area (Å²) in [6.07, 6.45) is 4.86. The summed E-state index contributed by atoms with van der Waals surface area (Å²) < 4.78 is 5.86. The van der Waals surface area contributed by atoms with Crippen LogP contribution in [0.1, 0.15) is 55.1 Å². The van der Waals surface area contributed by atoms with Crippen LogP contribution in [0, 0.1) is 6.92 Å². The smallest absolute Gasteiger partial charge is 0.211 e. The number of hydrogen-bond donors (Lipinski definition) is 1. The molecule has 2 aliphatic heterocycles. The summed E-state index contributed by atoms with van der Waals surface area (Å²) in [5.41, 5.74) is 1.16. The van der Waals surface area contributed by atoms with Crippen LogP contribution in [-0.2, 0) is 0 Å². The van der Waals surface area contributed by atoms with Crippen LogP contribution >= 0.6 is 0 Å². The molecule has 17 heavy (non-hydrogen) atoms. The minimum absolute atomic E-state index is 0.342. The minimum Gasteiger partial charge on any atom is -0.444 e. The summed E-state index contributed by atoms with van der Waals surface area (Å²) in [6.45, 7) is 4.31. The summed E-state index contributed by atoms with van der Waals surface area (Å²) in [5, 5.41) is 3.45. The standard InChI is InChI=1S/C13H21N3O/c1-9-12(11-6-4-8-16(11)2)15-13(17-9)10-5-3-7-14-10/h10-11,14H,3-8H2,1-2H3. The number of hydrogen-bond acceptors (Lipinski definition) is 4. The Morgan fingerprint density at radius 1 is 1.35 bits per heavy atom. The molecule has 4 heteroatoms. The first-order valence-electron chi connectivity index (χ1n) is 6.66. The van der Waals surface area contributed by atoms with Gasteiger partial charge in [-0.25, -0.2) is 4.98 Å². The number of likely N-dealkylation sites (tertiary alicyclic amines) is 1. The van der Waals surface area contributed by atoms with E-state index in [1.807, 2.05) is 6.92 Å². The third-order valence-corrected chi connectivity index (χ3v) is 4.04. The van der Waals surface area contributed by atoms with Crippen LogP contribution in [0.2, 0.25) is 0 Å². The topological polar surface area (TPSA) is 41.3 Å². The van der Waals surface area contributed by atoms with Crippen molar-refractivity contribution in [2.24, 2.45) is 0 Å². The zero-order valence-electron chi connectivity index (χ0n) is 10.7. The van der Waals surface area contributed by atoms with Gasteiger partial charge in [0.1, 0.15) is 5.76 Å². The molecule has 4 nitrogen and oxygen atoms in total. The minimum atomic E-state index is 0.342. The van der Waals surface area contributed by atoms with Gasteiger partial charge in [0.2, 0.25) is 5.89 Å². The zero-order chi connectivity index (χ0) is 11.8. The molecule has 0 amide bonds. The van der Waals surface area contributed by atoms with E-state index in [1.165, 1.54) is 25.8 Å². The molecule has 94 valence electrons. The van der Waals surface area contributed by atoms with Crippen LogP contribution in [-0.4, -0.2) is 30.0 Å². The van der Waals surface area contributed by atoms with Crippen molar-refractivity contribution in [1.29, 1.82) is 0 Å². The Labute approximate surface area is 102 Å². The van der Waals surface area contributed by atoms with Crippen LogP contribution in [0.5, 0.6) is 0 Å². The van der Waals surface area contributed by atoms with E-state index < -0.39 is 0 Å². The lowest BCUT2D eigenvalue weighted by Gasteiger charge is -2.17. The van der Waals surface area contributed by atoms with Crippen molar-refractivity contribution >= 4 is 0 Å². The largest absolute Gasteiger partial charge is 0.444 e. The molecule has 3 heterocycles. The van der Waals surface area contributed by atoms with Crippen molar-refractivity contribution in [3.8, 4) is 0 Å². The Morgan fingerprint density at radius 3 is 2.88 bits per heavy atom. The van der Waals surface area contributed by atoms with Crippen molar-refractivity contribution in [1.82, 2.24) is 15.2 Å². The first kappa shape index (κ1) is 11.2. The Morgan fingerprint density at radius 2 is 2.24 bits per heavy atom. The molecule has 0 spiro atoms. The number of rotatable bonds is 2. The van der Waals surface area contributed by atoms with Gasteiger partial charge in [0, 0.05) is 0 Å². The maximum absolute atomic E-state index is 5.86. The molecule has 2 fully saturated rings. The highest BCUT2D eigenvalue weighted by molar-refractivity contribution is 5.16. The van der Waals surface area contributed by atoms with E-state index in [0.29, 0.717) is 12.1 Å². The monoisotopic (exact) mass is 235 g/mol. The zero-order valence-corrected chi connectivity index (χ0v) is 10.7. The molecule has 1 N–H and O–H groups in total. The number of aryl methyl sites for hydroxylation is 1. The Balaban J connectivity index is 1.84. The molecule has 1 aromatic heterocycles. The number of nitrogens with zero attached hydrogens (tertiary/aromatic N) is 2. The van der Waals surface area contributed by atoms with Gasteiger partial charge in [0.15, 0.2) is 0 Å². The van der Waals surface area contributed by atoms with Crippen LogP contribution < -0.4 is 5.32 Å². The normalized spacial score (nSPS) is 30.2. The van der Waals surface area contributed by atoms with Crippen LogP contribution in [0.4, 0.5) is 0 Å². The molecule has 2 aliphatic rings. The fraction of sp³-hybridized carbons (Fsp3) is 0.769. The summed E-state index contributed by atoms with van der Waals surface area (Å²) in [5.74, 6) is 1.91. The maximum atomic E-state index is 5.86. The molecule has 0 saturated carbocycles. The fourth-order valence-corrected chi connectivity index (χ4v) is 3.04. The first-order valence-corrected chi connectivity index (χ1v) is 6.66. The molecule has 2 saturated heterocycles. The van der Waals surface area contributed by atoms with E-state index in [0.717, 1.165) is 30.3 Å². The van der Waals surface area contributed by atoms with Gasteiger partial charge < -0.3 is 9.73 Å². The van der Waals surface area contributed by atoms with Crippen molar-refractivity contribution in [3.63, 3.8) is 0 Å². The average molecular weight is 235 g/mol. The Kier molecular flexibility index (Phi) is 2.92. The molecule has 0 aromatic carbocycles. The summed E-state index contributed by atoms with van der Waals surface area (Å²) in [4.78, 5) is 7.14. The Hall–Kier alpha value is -0.870. The second-order valence-corrected chi connectivity index (χ2v) is 5.28. The molecule has 2 atom stereocenters. The maximum Gasteiger partial charge on any atom is 0.211 e. The average Bonchev–Trinajstić information content (AvgIpc) is 2.98. The second-order valence-electron chi connectivity index (χ2n) is 5.28. The predicted molar refractivity (Wildman–Crippen MR) is 65.8 cm³/mol. The summed E-state index contributed by atoms with van der Waals surface area (Å²) >= 11 is 0. The van der Waals surface area contributed by atoms with Gasteiger partial charge >= 0.3 is 0 Å². The van der Waals surface area contributed by atoms with Crippen molar-refractivity contribution in [3.05, 3.63) is 17.3 Å². The lowest BCUT2D eigenvalue weighted by Crippen LogP contribution is -2.19. The molecular weight excluding hydrogens is 214 g/mol. The quantitative estimate of drug-likeness (QED) is 0.853. The van der Waals surface area contributed by atoms with E-state index in [-0.39, 0.29) is 0 Å². The summed E-state index contributed by atoms with van der Waals surface area (Å²) in [6, 6.07) is 0.808. The van der Waals surface area contributed by atoms with Crippen molar-refractivity contribution in [2.45, 2.75) is 44.7 Å². The highest BCUT2D eigenvalue weighted by Gasteiger charge is 2.30. The lowest BCUT2D eigenvalue weighted by atomic mass is 10.1. The van der Waals surface area contributed by atoms with Gasteiger partial charge in [0.25, 0.3) is 0 Å². The number of oxazole rings is 1. The second kappa shape index (κ2) is 4.42. The molecule has 1 aromatic rings. The van der Waals surface area contributed by atoms with E-state index >= 15 is 0 Å². The van der Waals surface area contributed by atoms with Crippen LogP contribution in [0.15, 0.2) is 4.42 Å². The van der Waals surface area contributed by atoms with Gasteiger partial charge in [-0.15, -0.1) is 0 Å². The fourth-order valence-electron chi connectivity index (χ4n) is 3.04. The van der Waals surface area contributed by atoms with Gasteiger partial charge in [-0.05, 0) is 52.7 Å². The highest BCUT2D eigenvalue weighted by Crippen LogP contribution is 2.34. The summed E-state index contributed by atoms with van der Waals surface area (Å²) in [7, 11) is 2.18. The van der Waals surface area contributed by atoms with E-state index in [9.17, 15) is 0 Å². The van der Waals surface area contributed by atoms with E-state index in [2.05, 4.69) is 17.3 Å². The van der Waals surface area contributed by atoms with Gasteiger partial charge in [-0.3, -0.25) is 4.90 Å². The third kappa shape index (κ3) is 2.00. The number of aromatic nitrogens is 1. The highest BCUT2D eigenvalue weighted by atomic mass is 16.4. The molecule has 0 aliphatic carbocycles. The van der Waals surface area contributed by atoms with Crippen LogP contribution in [0.3, 0.4) is 0 Å². The van der Waals surface area contributed by atoms with E-state index in [1.54, 1.807) is 0 Å². The molecule has 0 radical (unpaired) electrons. The third-order valence-electron chi connectivity index (χ3n) is 4.04. The van der Waals surface area contributed by atoms with Crippen molar-refractivity contribution in [2.75, 3.05) is 20.1 Å². The molecule has 3 rings (SSSR count). The SMILES string of the molecule is Cc1oc(C2CCCN2)nc1C1CCCN1C. The Bertz CT molecular complexity index is 395. The first-order chi connectivity index (χ1) is 8.25. The van der Waals surface area contributed by atoms with Crippen molar-refractivity contribution < 1.29 is 4.42 Å². The van der Waals surface area contributed by atoms with Gasteiger partial charge in [0.05, 0.1) is 17.8 Å². The molecular formula is C13H21N3O. The van der Waals surface area contributed by atoms with Crippen LogP contribution in [0.25, 0.3) is 0 Å².